The van der Waals surface area contributed by atoms with Crippen LogP contribution in [0, 0.1) is 0 Å². The predicted molar refractivity (Wildman–Crippen MR) is 139 cm³/mol. The van der Waals surface area contributed by atoms with E-state index in [1.165, 1.54) is 0 Å². The van der Waals surface area contributed by atoms with Crippen molar-refractivity contribution in [3.8, 4) is 0 Å². The van der Waals surface area contributed by atoms with E-state index in [4.69, 9.17) is 39.0 Å². The molecular formula is C23H15Cl2N8P. The fourth-order valence-electron chi connectivity index (χ4n) is 3.51. The first kappa shape index (κ1) is 23.4. The van der Waals surface area contributed by atoms with E-state index in [1.54, 1.807) is 0 Å². The quantitative estimate of drug-likeness (QED) is 0.112. The molecule has 0 saturated carbocycles. The maximum atomic E-state index is 8.99. The van der Waals surface area contributed by atoms with Crippen LogP contribution in [0.25, 0.3) is 20.9 Å². The van der Waals surface area contributed by atoms with Gasteiger partial charge in [0.2, 0.25) is 0 Å². The van der Waals surface area contributed by atoms with E-state index in [0.29, 0.717) is 0 Å². The molecular weight excluding hydrogens is 490 g/mol. The summed E-state index contributed by atoms with van der Waals surface area (Å²) in [6.45, 7) is 0. The average Bonchev–Trinajstić information content (AvgIpc) is 2.89. The van der Waals surface area contributed by atoms with Crippen molar-refractivity contribution < 1.29 is 0 Å². The summed E-state index contributed by atoms with van der Waals surface area (Å²) >= 11 is 13.2. The van der Waals surface area contributed by atoms with Crippen molar-refractivity contribution in [3.63, 3.8) is 0 Å². The maximum Gasteiger partial charge on any atom is 0.148 e. The number of halogens is 2. The standard InChI is InChI=1S/C23H15Cl2N8P/c24-19-21(20(25)23(30-33-27)28-22(19)29-32-26)31-34(16-10-4-1-5-11-16,17-12-6-2-7-13-17)18-14-8-3-9-15-18/h1-15H. The zero-order valence-corrected chi connectivity index (χ0v) is 19.8. The minimum absolute atomic E-state index is 0.0353. The lowest BCUT2D eigenvalue weighted by atomic mass is 10.3. The van der Waals surface area contributed by atoms with Gasteiger partial charge in [-0.05, 0) is 21.3 Å². The second kappa shape index (κ2) is 10.4. The van der Waals surface area contributed by atoms with Crippen LogP contribution >= 0.6 is 30.3 Å². The molecule has 0 amide bonds. The van der Waals surface area contributed by atoms with E-state index in [1.807, 2.05) is 91.0 Å². The van der Waals surface area contributed by atoms with Gasteiger partial charge < -0.3 is 0 Å². The number of pyridine rings is 1. The molecule has 34 heavy (non-hydrogen) atoms. The van der Waals surface area contributed by atoms with Crippen LogP contribution in [-0.4, -0.2) is 4.98 Å². The lowest BCUT2D eigenvalue weighted by molar-refractivity contribution is 1.21. The van der Waals surface area contributed by atoms with Crippen LogP contribution < -0.4 is 15.9 Å². The number of hydrogen-bond acceptors (Lipinski definition) is 4. The van der Waals surface area contributed by atoms with E-state index >= 15 is 0 Å². The molecule has 11 heteroatoms. The fraction of sp³-hybridized carbons (Fsp3) is 0. The first-order chi connectivity index (χ1) is 16.6. The number of rotatable bonds is 6. The Kier molecular flexibility index (Phi) is 7.19. The van der Waals surface area contributed by atoms with Crippen LogP contribution in [0.3, 0.4) is 0 Å². The van der Waals surface area contributed by atoms with Crippen LogP contribution in [0.1, 0.15) is 0 Å². The third-order valence-corrected chi connectivity index (χ3v) is 9.27. The molecule has 4 aromatic rings. The van der Waals surface area contributed by atoms with Crippen molar-refractivity contribution in [1.29, 1.82) is 0 Å². The Bertz CT molecular complexity index is 1340. The second-order valence-corrected chi connectivity index (χ2v) is 10.6. The van der Waals surface area contributed by atoms with Crippen LogP contribution in [0.5, 0.6) is 0 Å². The SMILES string of the molecule is [N-]=[N+]=Nc1nc(N=[N+]=[N-])c(Cl)c(N=P(c2ccccc2)(c2ccccc2)c2ccccc2)c1Cl. The predicted octanol–water partition coefficient (Wildman–Crippen LogP) is 8.08. The largest absolute Gasteiger partial charge is 0.251 e. The van der Waals surface area contributed by atoms with Gasteiger partial charge in [0.25, 0.3) is 0 Å². The Morgan fingerprint density at radius 1 is 0.618 bits per heavy atom. The Morgan fingerprint density at radius 2 is 0.971 bits per heavy atom. The van der Waals surface area contributed by atoms with E-state index in [0.717, 1.165) is 15.9 Å². The highest BCUT2D eigenvalue weighted by molar-refractivity contribution is 7.87. The van der Waals surface area contributed by atoms with Crippen LogP contribution in [0.4, 0.5) is 17.3 Å². The number of aromatic nitrogens is 1. The van der Waals surface area contributed by atoms with Gasteiger partial charge >= 0.3 is 0 Å². The zero-order valence-electron chi connectivity index (χ0n) is 17.4. The summed E-state index contributed by atoms with van der Waals surface area (Å²) in [4.78, 5) is 9.56. The molecule has 8 nitrogen and oxygen atoms in total. The van der Waals surface area contributed by atoms with Crippen LogP contribution in [-0.2, 0) is 0 Å². The lowest BCUT2D eigenvalue weighted by Gasteiger charge is -2.27. The molecule has 0 fully saturated rings. The van der Waals surface area contributed by atoms with Gasteiger partial charge in [-0.15, -0.1) is 0 Å². The smallest absolute Gasteiger partial charge is 0.148 e. The Hall–Kier alpha value is -3.76. The molecule has 0 unspecified atom stereocenters. The molecule has 0 radical (unpaired) electrons. The molecule has 0 N–H and O–H groups in total. The second-order valence-electron chi connectivity index (χ2n) is 6.86. The number of benzene rings is 3. The highest BCUT2D eigenvalue weighted by Crippen LogP contribution is 2.54. The van der Waals surface area contributed by atoms with Crippen molar-refractivity contribution in [2.24, 2.45) is 15.0 Å². The fourth-order valence-corrected chi connectivity index (χ4v) is 7.66. The molecule has 0 saturated heterocycles. The number of hydrogen-bond donors (Lipinski definition) is 0. The topological polar surface area (TPSA) is 123 Å². The van der Waals surface area contributed by atoms with Gasteiger partial charge in [-0.3, -0.25) is 4.74 Å². The highest BCUT2D eigenvalue weighted by atomic mass is 35.5. The highest BCUT2D eigenvalue weighted by Gasteiger charge is 2.29. The summed E-state index contributed by atoms with van der Waals surface area (Å²) in [5.74, 6) is -0.357. The van der Waals surface area contributed by atoms with E-state index in [9.17, 15) is 0 Å². The van der Waals surface area contributed by atoms with Crippen molar-refractivity contribution in [3.05, 3.63) is 122 Å². The third kappa shape index (κ3) is 4.37. The Morgan fingerprint density at radius 3 is 1.29 bits per heavy atom. The zero-order chi connectivity index (χ0) is 24.0. The van der Waals surface area contributed by atoms with Gasteiger partial charge in [-0.2, -0.15) is 0 Å². The van der Waals surface area contributed by atoms with Gasteiger partial charge in [0.1, 0.15) is 17.3 Å². The van der Waals surface area contributed by atoms with Crippen LogP contribution in [0.2, 0.25) is 10.0 Å². The molecule has 0 aliphatic rings. The summed E-state index contributed by atoms with van der Waals surface area (Å²) in [5, 5.41) is 9.88. The Labute approximate surface area is 205 Å². The van der Waals surface area contributed by atoms with E-state index in [2.05, 4.69) is 25.0 Å². The molecule has 0 atom stereocenters. The summed E-state index contributed by atoms with van der Waals surface area (Å²) in [5.41, 5.74) is 18.1. The maximum absolute atomic E-state index is 8.99. The first-order valence-corrected chi connectivity index (χ1v) is 12.4. The number of azide groups is 2. The monoisotopic (exact) mass is 504 g/mol. The van der Waals surface area contributed by atoms with Crippen molar-refractivity contribution in [2.75, 3.05) is 0 Å². The van der Waals surface area contributed by atoms with Crippen molar-refractivity contribution in [1.82, 2.24) is 4.98 Å². The molecule has 1 heterocycles. The van der Waals surface area contributed by atoms with Gasteiger partial charge in [0.05, 0.1) is 17.1 Å². The van der Waals surface area contributed by atoms with E-state index < -0.39 is 7.05 Å². The summed E-state index contributed by atoms with van der Waals surface area (Å²) in [6, 6.07) is 29.5. The normalized spacial score (nSPS) is 10.6. The van der Waals surface area contributed by atoms with E-state index in [-0.39, 0.29) is 27.4 Å². The molecule has 3 aromatic carbocycles. The van der Waals surface area contributed by atoms with Crippen molar-refractivity contribution >= 4 is 63.5 Å². The summed E-state index contributed by atoms with van der Waals surface area (Å²) < 4.78 is 5.23. The molecule has 0 spiro atoms. The molecule has 0 aliphatic heterocycles. The average molecular weight is 505 g/mol. The first-order valence-electron chi connectivity index (χ1n) is 9.90. The lowest BCUT2D eigenvalue weighted by Crippen LogP contribution is -2.25. The molecule has 0 bridgehead atoms. The molecule has 166 valence electrons. The van der Waals surface area contributed by atoms with Gasteiger partial charge in [0, 0.05) is 25.7 Å². The molecule has 0 aliphatic carbocycles. The molecule has 4 rings (SSSR count). The minimum atomic E-state index is -2.75. The van der Waals surface area contributed by atoms with Gasteiger partial charge in [-0.1, -0.05) is 114 Å². The Balaban J connectivity index is 2.25. The van der Waals surface area contributed by atoms with Gasteiger partial charge in [0.15, 0.2) is 0 Å². The minimum Gasteiger partial charge on any atom is -0.251 e. The molecule has 1 aromatic heterocycles. The summed E-state index contributed by atoms with van der Waals surface area (Å²) in [6.07, 6.45) is 0. The van der Waals surface area contributed by atoms with Crippen LogP contribution in [0.15, 0.2) is 106 Å². The van der Waals surface area contributed by atoms with Gasteiger partial charge in [-0.25, -0.2) is 4.98 Å². The number of nitrogens with zero attached hydrogens (tertiary/aromatic N) is 8. The summed E-state index contributed by atoms with van der Waals surface area (Å²) in [7, 11) is -2.75. The van der Waals surface area contributed by atoms with Crippen molar-refractivity contribution in [2.45, 2.75) is 0 Å². The third-order valence-electron chi connectivity index (χ3n) is 4.94.